The molecule has 0 spiro atoms. The number of rotatable bonds is 3. The molecule has 1 heterocycles. The molecule has 2 rings (SSSR count). The van der Waals surface area contributed by atoms with Gasteiger partial charge in [0.1, 0.15) is 5.82 Å². The third-order valence-electron chi connectivity index (χ3n) is 3.40. The zero-order chi connectivity index (χ0) is 13.7. The number of pyridine rings is 1. The van der Waals surface area contributed by atoms with Crippen molar-refractivity contribution in [3.05, 3.63) is 18.3 Å². The Kier molecular flexibility index (Phi) is 4.60. The summed E-state index contributed by atoms with van der Waals surface area (Å²) < 4.78 is 0. The summed E-state index contributed by atoms with van der Waals surface area (Å²) in [5.74, 6) is 0.873. The molecule has 5 heteroatoms. The van der Waals surface area contributed by atoms with Crippen LogP contribution in [-0.2, 0) is 0 Å². The van der Waals surface area contributed by atoms with Gasteiger partial charge in [-0.05, 0) is 25.0 Å². The van der Waals surface area contributed by atoms with E-state index in [-0.39, 0.29) is 6.03 Å². The second-order valence-corrected chi connectivity index (χ2v) is 5.23. The van der Waals surface area contributed by atoms with Crippen molar-refractivity contribution in [1.82, 2.24) is 10.3 Å². The summed E-state index contributed by atoms with van der Waals surface area (Å²) in [7, 11) is 3.87. The van der Waals surface area contributed by atoms with Crippen LogP contribution in [0.15, 0.2) is 18.3 Å². The molecule has 1 aliphatic carbocycles. The van der Waals surface area contributed by atoms with Gasteiger partial charge in [-0.15, -0.1) is 0 Å². The molecule has 0 atom stereocenters. The fourth-order valence-corrected chi connectivity index (χ4v) is 2.32. The molecule has 1 aromatic rings. The monoisotopic (exact) mass is 262 g/mol. The second-order valence-electron chi connectivity index (χ2n) is 5.23. The van der Waals surface area contributed by atoms with Crippen LogP contribution in [0.5, 0.6) is 0 Å². The summed E-state index contributed by atoms with van der Waals surface area (Å²) >= 11 is 0. The normalized spacial score (nSPS) is 15.9. The fraction of sp³-hybridized carbons (Fsp3) is 0.571. The molecule has 5 nitrogen and oxygen atoms in total. The molecule has 2 amide bonds. The van der Waals surface area contributed by atoms with Gasteiger partial charge in [0.25, 0.3) is 0 Å². The van der Waals surface area contributed by atoms with Gasteiger partial charge in [0.05, 0.1) is 11.9 Å². The summed E-state index contributed by atoms with van der Waals surface area (Å²) in [4.78, 5) is 18.0. The minimum atomic E-state index is -0.133. The van der Waals surface area contributed by atoms with Crippen LogP contribution in [0.1, 0.15) is 32.1 Å². The Morgan fingerprint density at radius 3 is 2.58 bits per heavy atom. The molecule has 2 N–H and O–H groups in total. The maximum absolute atomic E-state index is 11.8. The van der Waals surface area contributed by atoms with Gasteiger partial charge in [0, 0.05) is 20.1 Å². The number of hydrogen-bond acceptors (Lipinski definition) is 3. The number of hydrogen-bond donors (Lipinski definition) is 2. The molecule has 0 bridgehead atoms. The molecule has 0 aliphatic heterocycles. The van der Waals surface area contributed by atoms with Crippen molar-refractivity contribution >= 4 is 17.5 Å². The van der Waals surface area contributed by atoms with E-state index >= 15 is 0 Å². The lowest BCUT2D eigenvalue weighted by molar-refractivity contribution is 0.244. The molecule has 1 aromatic heterocycles. The van der Waals surface area contributed by atoms with E-state index in [9.17, 15) is 4.79 Å². The smallest absolute Gasteiger partial charge is 0.319 e. The third-order valence-corrected chi connectivity index (χ3v) is 3.40. The van der Waals surface area contributed by atoms with Gasteiger partial charge in [-0.3, -0.25) is 0 Å². The van der Waals surface area contributed by atoms with Gasteiger partial charge in [-0.25, -0.2) is 9.78 Å². The van der Waals surface area contributed by atoms with Gasteiger partial charge < -0.3 is 15.5 Å². The minimum Gasteiger partial charge on any atom is -0.363 e. The average molecular weight is 262 g/mol. The van der Waals surface area contributed by atoms with E-state index in [4.69, 9.17) is 0 Å². The summed E-state index contributed by atoms with van der Waals surface area (Å²) in [6.07, 6.45) is 7.57. The standard InChI is InChI=1S/C14H22N4O/c1-18(2)13-9-8-12(10-15-13)17-14(19)16-11-6-4-3-5-7-11/h8-11H,3-7H2,1-2H3,(H2,16,17,19). The van der Waals surface area contributed by atoms with E-state index in [1.807, 2.05) is 31.1 Å². The van der Waals surface area contributed by atoms with Crippen LogP contribution in [-0.4, -0.2) is 31.2 Å². The predicted octanol–water partition coefficient (Wildman–Crippen LogP) is 2.60. The maximum Gasteiger partial charge on any atom is 0.319 e. The van der Waals surface area contributed by atoms with Crippen molar-refractivity contribution < 1.29 is 4.79 Å². The fourth-order valence-electron chi connectivity index (χ4n) is 2.32. The van der Waals surface area contributed by atoms with E-state index < -0.39 is 0 Å². The molecule has 1 aliphatic rings. The van der Waals surface area contributed by atoms with E-state index in [0.717, 1.165) is 24.3 Å². The zero-order valence-corrected chi connectivity index (χ0v) is 11.6. The molecular weight excluding hydrogens is 240 g/mol. The number of anilines is 2. The van der Waals surface area contributed by atoms with Gasteiger partial charge >= 0.3 is 6.03 Å². The molecular formula is C14H22N4O. The Bertz CT molecular complexity index is 410. The van der Waals surface area contributed by atoms with Crippen molar-refractivity contribution in [3.8, 4) is 0 Å². The first-order valence-corrected chi connectivity index (χ1v) is 6.86. The van der Waals surface area contributed by atoms with Crippen LogP contribution < -0.4 is 15.5 Å². The molecule has 19 heavy (non-hydrogen) atoms. The Morgan fingerprint density at radius 1 is 1.26 bits per heavy atom. The van der Waals surface area contributed by atoms with Crippen molar-refractivity contribution in [2.75, 3.05) is 24.3 Å². The van der Waals surface area contributed by atoms with Crippen LogP contribution in [0.4, 0.5) is 16.3 Å². The Hall–Kier alpha value is -1.78. The van der Waals surface area contributed by atoms with E-state index in [2.05, 4.69) is 15.6 Å². The number of carbonyl (C=O) groups excluding carboxylic acids is 1. The molecule has 1 fully saturated rings. The first kappa shape index (κ1) is 13.6. The Labute approximate surface area is 114 Å². The molecule has 0 aromatic carbocycles. The summed E-state index contributed by atoms with van der Waals surface area (Å²) in [5, 5.41) is 5.84. The lowest BCUT2D eigenvalue weighted by atomic mass is 9.96. The van der Waals surface area contributed by atoms with Crippen LogP contribution in [0.3, 0.4) is 0 Å². The van der Waals surface area contributed by atoms with Crippen LogP contribution >= 0.6 is 0 Å². The van der Waals surface area contributed by atoms with Crippen LogP contribution in [0.2, 0.25) is 0 Å². The van der Waals surface area contributed by atoms with Crippen LogP contribution in [0, 0.1) is 0 Å². The minimum absolute atomic E-state index is 0.133. The topological polar surface area (TPSA) is 57.3 Å². The molecule has 0 saturated heterocycles. The predicted molar refractivity (Wildman–Crippen MR) is 77.6 cm³/mol. The van der Waals surface area contributed by atoms with E-state index in [1.165, 1.54) is 19.3 Å². The SMILES string of the molecule is CN(C)c1ccc(NC(=O)NC2CCCCC2)cn1. The van der Waals surface area contributed by atoms with Crippen molar-refractivity contribution in [3.63, 3.8) is 0 Å². The lowest BCUT2D eigenvalue weighted by Crippen LogP contribution is -2.39. The summed E-state index contributed by atoms with van der Waals surface area (Å²) in [6.45, 7) is 0. The first-order valence-electron chi connectivity index (χ1n) is 6.86. The molecule has 104 valence electrons. The maximum atomic E-state index is 11.8. The number of amides is 2. The quantitative estimate of drug-likeness (QED) is 0.880. The first-order chi connectivity index (χ1) is 9.15. The van der Waals surface area contributed by atoms with Gasteiger partial charge in [0.2, 0.25) is 0 Å². The van der Waals surface area contributed by atoms with Crippen molar-refractivity contribution in [2.24, 2.45) is 0 Å². The highest BCUT2D eigenvalue weighted by Crippen LogP contribution is 2.17. The summed E-state index contributed by atoms with van der Waals surface area (Å²) in [5.41, 5.74) is 0.721. The number of aromatic nitrogens is 1. The Balaban J connectivity index is 1.84. The average Bonchev–Trinajstić information content (AvgIpc) is 2.40. The number of carbonyl (C=O) groups is 1. The van der Waals surface area contributed by atoms with Gasteiger partial charge in [-0.2, -0.15) is 0 Å². The van der Waals surface area contributed by atoms with E-state index in [0.29, 0.717) is 6.04 Å². The lowest BCUT2D eigenvalue weighted by Gasteiger charge is -2.22. The molecule has 0 radical (unpaired) electrons. The largest absolute Gasteiger partial charge is 0.363 e. The number of nitrogens with one attached hydrogen (secondary N) is 2. The van der Waals surface area contributed by atoms with Crippen molar-refractivity contribution in [1.29, 1.82) is 0 Å². The van der Waals surface area contributed by atoms with Gasteiger partial charge in [-0.1, -0.05) is 19.3 Å². The number of nitrogens with zero attached hydrogens (tertiary/aromatic N) is 2. The second kappa shape index (κ2) is 6.41. The Morgan fingerprint density at radius 2 is 2.00 bits per heavy atom. The molecule has 0 unspecified atom stereocenters. The molecule has 1 saturated carbocycles. The highest BCUT2D eigenvalue weighted by molar-refractivity contribution is 5.89. The zero-order valence-electron chi connectivity index (χ0n) is 11.6. The van der Waals surface area contributed by atoms with Crippen molar-refractivity contribution in [2.45, 2.75) is 38.1 Å². The third kappa shape index (κ3) is 4.12. The van der Waals surface area contributed by atoms with E-state index in [1.54, 1.807) is 6.20 Å². The van der Waals surface area contributed by atoms with Gasteiger partial charge in [0.15, 0.2) is 0 Å². The summed E-state index contributed by atoms with van der Waals surface area (Å²) in [6, 6.07) is 3.94. The highest BCUT2D eigenvalue weighted by Gasteiger charge is 2.15. The number of urea groups is 1. The van der Waals surface area contributed by atoms with Crippen LogP contribution in [0.25, 0.3) is 0 Å². The highest BCUT2D eigenvalue weighted by atomic mass is 16.2.